The highest BCUT2D eigenvalue weighted by Crippen LogP contribution is 2.17. The van der Waals surface area contributed by atoms with E-state index in [2.05, 4.69) is 16.2 Å². The summed E-state index contributed by atoms with van der Waals surface area (Å²) in [4.78, 5) is 4.18. The van der Waals surface area contributed by atoms with Crippen LogP contribution in [0.3, 0.4) is 0 Å². The zero-order valence-electron chi connectivity index (χ0n) is 10.6. The molecular formula is C13H17N3O2. The van der Waals surface area contributed by atoms with E-state index in [1.165, 1.54) is 11.1 Å². The minimum absolute atomic E-state index is 0.303. The Balaban J connectivity index is 1.97. The highest BCUT2D eigenvalue weighted by molar-refractivity contribution is 5.32. The summed E-state index contributed by atoms with van der Waals surface area (Å²) in [5, 5.41) is 3.83. The first kappa shape index (κ1) is 12.6. The first-order chi connectivity index (χ1) is 8.67. The number of benzene rings is 1. The molecule has 0 amide bonds. The lowest BCUT2D eigenvalue weighted by Crippen LogP contribution is -2.03. The molecule has 0 saturated heterocycles. The lowest BCUT2D eigenvalue weighted by Gasteiger charge is -2.05. The van der Waals surface area contributed by atoms with Gasteiger partial charge in [-0.2, -0.15) is 4.98 Å². The number of hydrogen-bond acceptors (Lipinski definition) is 5. The molecule has 0 fully saturated rings. The van der Waals surface area contributed by atoms with Crippen molar-refractivity contribution in [2.75, 3.05) is 6.54 Å². The van der Waals surface area contributed by atoms with E-state index in [0.29, 0.717) is 31.3 Å². The number of aryl methyl sites for hydroxylation is 2. The van der Waals surface area contributed by atoms with E-state index >= 15 is 0 Å². The Bertz CT molecular complexity index is 502. The van der Waals surface area contributed by atoms with Crippen molar-refractivity contribution in [3.8, 4) is 5.75 Å². The van der Waals surface area contributed by atoms with Gasteiger partial charge in [-0.3, -0.25) is 0 Å². The molecule has 0 aliphatic heterocycles. The average Bonchev–Trinajstić information content (AvgIpc) is 2.74. The Kier molecular flexibility index (Phi) is 3.94. The van der Waals surface area contributed by atoms with Gasteiger partial charge in [-0.05, 0) is 37.1 Å². The van der Waals surface area contributed by atoms with Crippen LogP contribution in [-0.2, 0) is 13.0 Å². The highest BCUT2D eigenvalue weighted by Gasteiger charge is 2.06. The van der Waals surface area contributed by atoms with Gasteiger partial charge in [-0.15, -0.1) is 0 Å². The summed E-state index contributed by atoms with van der Waals surface area (Å²) in [5.41, 5.74) is 7.75. The molecule has 0 spiro atoms. The average molecular weight is 247 g/mol. The molecule has 2 rings (SSSR count). The number of hydrogen-bond donors (Lipinski definition) is 1. The maximum atomic E-state index is 5.63. The van der Waals surface area contributed by atoms with Crippen molar-refractivity contribution in [2.45, 2.75) is 26.9 Å². The molecule has 0 aliphatic rings. The van der Waals surface area contributed by atoms with Gasteiger partial charge in [-0.25, -0.2) is 0 Å². The smallest absolute Gasteiger partial charge is 0.228 e. The van der Waals surface area contributed by atoms with Gasteiger partial charge in [0, 0.05) is 13.0 Å². The third-order valence-electron chi connectivity index (χ3n) is 2.43. The Hall–Kier alpha value is -1.88. The zero-order valence-corrected chi connectivity index (χ0v) is 10.6. The van der Waals surface area contributed by atoms with Crippen LogP contribution in [0.1, 0.15) is 22.8 Å². The maximum absolute atomic E-state index is 5.63. The van der Waals surface area contributed by atoms with E-state index in [4.69, 9.17) is 15.0 Å². The fraction of sp³-hybridized carbons (Fsp3) is 0.385. The SMILES string of the molecule is Cc1cc(C)cc(OCc2noc(CCN)n2)c1. The number of ether oxygens (including phenoxy) is 1. The predicted molar refractivity (Wildman–Crippen MR) is 67.3 cm³/mol. The van der Waals surface area contributed by atoms with Crippen molar-refractivity contribution in [2.24, 2.45) is 5.73 Å². The molecule has 96 valence electrons. The molecule has 5 heteroatoms. The fourth-order valence-corrected chi connectivity index (χ4v) is 1.74. The van der Waals surface area contributed by atoms with Crippen LogP contribution in [0.25, 0.3) is 0 Å². The molecule has 1 aromatic heterocycles. The maximum Gasteiger partial charge on any atom is 0.228 e. The molecule has 2 aromatic rings. The Labute approximate surface area is 106 Å². The van der Waals surface area contributed by atoms with Crippen molar-refractivity contribution < 1.29 is 9.26 Å². The molecule has 5 nitrogen and oxygen atoms in total. The third-order valence-corrected chi connectivity index (χ3v) is 2.43. The van der Waals surface area contributed by atoms with Gasteiger partial charge in [0.05, 0.1) is 0 Å². The second kappa shape index (κ2) is 5.64. The van der Waals surface area contributed by atoms with E-state index in [1.807, 2.05) is 26.0 Å². The van der Waals surface area contributed by atoms with Gasteiger partial charge < -0.3 is 15.0 Å². The zero-order chi connectivity index (χ0) is 13.0. The van der Waals surface area contributed by atoms with E-state index in [-0.39, 0.29) is 0 Å². The lowest BCUT2D eigenvalue weighted by molar-refractivity contribution is 0.285. The van der Waals surface area contributed by atoms with E-state index in [9.17, 15) is 0 Å². The summed E-state index contributed by atoms with van der Waals surface area (Å²) in [5.74, 6) is 1.91. The van der Waals surface area contributed by atoms with E-state index in [0.717, 1.165) is 5.75 Å². The highest BCUT2D eigenvalue weighted by atomic mass is 16.5. The number of aromatic nitrogens is 2. The molecule has 1 heterocycles. The Morgan fingerprint density at radius 3 is 2.61 bits per heavy atom. The fourth-order valence-electron chi connectivity index (χ4n) is 1.74. The number of nitrogens with two attached hydrogens (primary N) is 1. The summed E-state index contributed by atoms with van der Waals surface area (Å²) in [6.07, 6.45) is 0.594. The summed E-state index contributed by atoms with van der Waals surface area (Å²) in [6, 6.07) is 6.06. The summed E-state index contributed by atoms with van der Waals surface area (Å²) < 4.78 is 10.6. The van der Waals surface area contributed by atoms with Gasteiger partial charge in [0.25, 0.3) is 0 Å². The summed E-state index contributed by atoms with van der Waals surface area (Å²) in [6.45, 7) is 4.87. The van der Waals surface area contributed by atoms with Crippen LogP contribution in [0.4, 0.5) is 0 Å². The molecule has 1 aromatic carbocycles. The van der Waals surface area contributed by atoms with Crippen LogP contribution in [0.5, 0.6) is 5.75 Å². The molecule has 0 radical (unpaired) electrons. The van der Waals surface area contributed by atoms with Crippen LogP contribution in [-0.4, -0.2) is 16.7 Å². The largest absolute Gasteiger partial charge is 0.485 e. The van der Waals surface area contributed by atoms with Gasteiger partial charge in [-0.1, -0.05) is 11.2 Å². The molecule has 0 unspecified atom stereocenters. The minimum atomic E-state index is 0.303. The Morgan fingerprint density at radius 2 is 1.94 bits per heavy atom. The van der Waals surface area contributed by atoms with Crippen molar-refractivity contribution in [3.05, 3.63) is 41.0 Å². The second-order valence-corrected chi connectivity index (χ2v) is 4.26. The summed E-state index contributed by atoms with van der Waals surface area (Å²) >= 11 is 0. The lowest BCUT2D eigenvalue weighted by atomic mass is 10.1. The molecule has 2 N–H and O–H groups in total. The minimum Gasteiger partial charge on any atom is -0.485 e. The van der Waals surface area contributed by atoms with Crippen molar-refractivity contribution in [1.29, 1.82) is 0 Å². The van der Waals surface area contributed by atoms with Gasteiger partial charge in [0.1, 0.15) is 5.75 Å². The van der Waals surface area contributed by atoms with Crippen LogP contribution in [0.15, 0.2) is 22.7 Å². The third kappa shape index (κ3) is 3.30. The first-order valence-electron chi connectivity index (χ1n) is 5.90. The van der Waals surface area contributed by atoms with Gasteiger partial charge in [0.15, 0.2) is 6.61 Å². The van der Waals surface area contributed by atoms with E-state index < -0.39 is 0 Å². The monoisotopic (exact) mass is 247 g/mol. The van der Waals surface area contributed by atoms with Crippen molar-refractivity contribution in [3.63, 3.8) is 0 Å². The van der Waals surface area contributed by atoms with E-state index in [1.54, 1.807) is 0 Å². The van der Waals surface area contributed by atoms with Gasteiger partial charge in [0.2, 0.25) is 11.7 Å². The van der Waals surface area contributed by atoms with Crippen LogP contribution < -0.4 is 10.5 Å². The predicted octanol–water partition coefficient (Wildman–Crippen LogP) is 1.77. The standard InChI is InChI=1S/C13H17N3O2/c1-9-5-10(2)7-11(6-9)17-8-12-15-13(3-4-14)18-16-12/h5-7H,3-4,8,14H2,1-2H3. The summed E-state index contributed by atoms with van der Waals surface area (Å²) in [7, 11) is 0. The normalized spacial score (nSPS) is 10.6. The first-order valence-corrected chi connectivity index (χ1v) is 5.90. The van der Waals surface area contributed by atoms with Crippen LogP contribution in [0.2, 0.25) is 0 Å². The van der Waals surface area contributed by atoms with Crippen molar-refractivity contribution >= 4 is 0 Å². The topological polar surface area (TPSA) is 74.2 Å². The van der Waals surface area contributed by atoms with Crippen LogP contribution in [0, 0.1) is 13.8 Å². The second-order valence-electron chi connectivity index (χ2n) is 4.26. The molecule has 0 atom stereocenters. The quantitative estimate of drug-likeness (QED) is 0.871. The molecule has 18 heavy (non-hydrogen) atoms. The number of nitrogens with zero attached hydrogens (tertiary/aromatic N) is 2. The number of rotatable bonds is 5. The van der Waals surface area contributed by atoms with Gasteiger partial charge >= 0.3 is 0 Å². The van der Waals surface area contributed by atoms with Crippen molar-refractivity contribution in [1.82, 2.24) is 10.1 Å². The van der Waals surface area contributed by atoms with Crippen LogP contribution >= 0.6 is 0 Å². The molecular weight excluding hydrogens is 230 g/mol. The molecule has 0 saturated carbocycles. The molecule has 0 aliphatic carbocycles. The molecule has 0 bridgehead atoms. The Morgan fingerprint density at radius 1 is 1.22 bits per heavy atom.